The summed E-state index contributed by atoms with van der Waals surface area (Å²) in [4.78, 5) is 9.05. The number of rotatable bonds is 3. The first kappa shape index (κ1) is 13.8. The lowest BCUT2D eigenvalue weighted by Gasteiger charge is -2.29. The van der Waals surface area contributed by atoms with Gasteiger partial charge in [-0.2, -0.15) is 0 Å². The molecule has 0 aliphatic heterocycles. The molecule has 2 aliphatic carbocycles. The molecule has 0 amide bonds. The lowest BCUT2D eigenvalue weighted by molar-refractivity contribution is 0.329. The predicted octanol–water partition coefficient (Wildman–Crippen LogP) is 4.13. The second-order valence-electron chi connectivity index (χ2n) is 6.48. The average molecular weight is 273 g/mol. The van der Waals surface area contributed by atoms with Crippen molar-refractivity contribution in [1.29, 1.82) is 0 Å². The fraction of sp³-hybridized carbons (Fsp3) is 0.765. The van der Waals surface area contributed by atoms with Crippen molar-refractivity contribution in [3.8, 4) is 0 Å². The van der Waals surface area contributed by atoms with E-state index >= 15 is 0 Å². The van der Waals surface area contributed by atoms with Crippen molar-refractivity contribution < 1.29 is 0 Å². The van der Waals surface area contributed by atoms with Crippen LogP contribution in [0, 0.1) is 5.92 Å². The first-order valence-corrected chi connectivity index (χ1v) is 8.46. The molecule has 1 fully saturated rings. The molecule has 1 heterocycles. The Labute approximate surface area is 122 Å². The number of fused-ring (bicyclic) bond motifs is 1. The van der Waals surface area contributed by atoms with Gasteiger partial charge in [-0.25, -0.2) is 9.97 Å². The molecule has 0 bridgehead atoms. The molecule has 1 saturated carbocycles. The number of aromatic nitrogens is 2. The van der Waals surface area contributed by atoms with E-state index in [4.69, 9.17) is 0 Å². The SMILES string of the molecule is CCC1CCC(Nc2ncnc3c2CCCCC3)CC1. The van der Waals surface area contributed by atoms with Crippen LogP contribution < -0.4 is 5.32 Å². The van der Waals surface area contributed by atoms with Gasteiger partial charge in [-0.05, 0) is 57.3 Å². The minimum absolute atomic E-state index is 0.625. The maximum atomic E-state index is 4.54. The van der Waals surface area contributed by atoms with Gasteiger partial charge in [-0.15, -0.1) is 0 Å². The highest BCUT2D eigenvalue weighted by Gasteiger charge is 2.22. The number of aryl methyl sites for hydroxylation is 1. The van der Waals surface area contributed by atoms with Crippen molar-refractivity contribution in [3.05, 3.63) is 17.6 Å². The summed E-state index contributed by atoms with van der Waals surface area (Å²) in [6.07, 6.45) is 14.6. The van der Waals surface area contributed by atoms with Gasteiger partial charge in [-0.3, -0.25) is 0 Å². The first-order valence-electron chi connectivity index (χ1n) is 8.46. The average Bonchev–Trinajstić information content (AvgIpc) is 2.74. The summed E-state index contributed by atoms with van der Waals surface area (Å²) in [7, 11) is 0. The molecule has 0 aromatic carbocycles. The number of nitrogens with zero attached hydrogens (tertiary/aromatic N) is 2. The minimum atomic E-state index is 0.625. The smallest absolute Gasteiger partial charge is 0.133 e. The van der Waals surface area contributed by atoms with Crippen LogP contribution in [0.2, 0.25) is 0 Å². The molecule has 0 saturated heterocycles. The quantitative estimate of drug-likeness (QED) is 0.842. The minimum Gasteiger partial charge on any atom is -0.367 e. The van der Waals surface area contributed by atoms with Crippen molar-refractivity contribution in [2.45, 2.75) is 77.2 Å². The molecule has 2 aliphatic rings. The van der Waals surface area contributed by atoms with Crippen LogP contribution in [0.3, 0.4) is 0 Å². The Bertz CT molecular complexity index is 436. The Kier molecular flexibility index (Phi) is 4.54. The molecule has 110 valence electrons. The van der Waals surface area contributed by atoms with Gasteiger partial charge in [0.05, 0.1) is 0 Å². The number of anilines is 1. The number of nitrogens with one attached hydrogen (secondary N) is 1. The molecule has 0 unspecified atom stereocenters. The summed E-state index contributed by atoms with van der Waals surface area (Å²) in [5, 5.41) is 3.73. The highest BCUT2D eigenvalue weighted by Crippen LogP contribution is 2.30. The maximum Gasteiger partial charge on any atom is 0.133 e. The molecule has 20 heavy (non-hydrogen) atoms. The van der Waals surface area contributed by atoms with E-state index in [2.05, 4.69) is 22.2 Å². The van der Waals surface area contributed by atoms with E-state index in [1.165, 1.54) is 62.6 Å². The van der Waals surface area contributed by atoms with E-state index in [0.29, 0.717) is 6.04 Å². The number of hydrogen-bond acceptors (Lipinski definition) is 3. The third-order valence-corrected chi connectivity index (χ3v) is 5.14. The van der Waals surface area contributed by atoms with E-state index in [1.54, 1.807) is 6.33 Å². The Morgan fingerprint density at radius 3 is 2.65 bits per heavy atom. The van der Waals surface area contributed by atoms with E-state index in [1.807, 2.05) is 0 Å². The lowest BCUT2D eigenvalue weighted by Crippen LogP contribution is -2.27. The second kappa shape index (κ2) is 6.55. The zero-order valence-corrected chi connectivity index (χ0v) is 12.7. The Morgan fingerprint density at radius 1 is 1.05 bits per heavy atom. The third-order valence-electron chi connectivity index (χ3n) is 5.14. The van der Waals surface area contributed by atoms with E-state index in [0.717, 1.165) is 24.6 Å². The van der Waals surface area contributed by atoms with Gasteiger partial charge in [0, 0.05) is 17.3 Å². The lowest BCUT2D eigenvalue weighted by atomic mass is 9.84. The molecule has 0 radical (unpaired) electrons. The third kappa shape index (κ3) is 3.13. The fourth-order valence-electron chi connectivity index (χ4n) is 3.73. The van der Waals surface area contributed by atoms with E-state index in [9.17, 15) is 0 Å². The molecule has 1 aromatic rings. The van der Waals surface area contributed by atoms with Gasteiger partial charge in [0.2, 0.25) is 0 Å². The predicted molar refractivity (Wildman–Crippen MR) is 83.0 cm³/mol. The van der Waals surface area contributed by atoms with Crippen LogP contribution in [0.5, 0.6) is 0 Å². The number of hydrogen-bond donors (Lipinski definition) is 1. The highest BCUT2D eigenvalue weighted by atomic mass is 15.0. The fourth-order valence-corrected chi connectivity index (χ4v) is 3.73. The van der Waals surface area contributed by atoms with Gasteiger partial charge in [0.25, 0.3) is 0 Å². The van der Waals surface area contributed by atoms with Crippen molar-refractivity contribution in [3.63, 3.8) is 0 Å². The normalized spacial score (nSPS) is 26.6. The van der Waals surface area contributed by atoms with Gasteiger partial charge < -0.3 is 5.32 Å². The van der Waals surface area contributed by atoms with Gasteiger partial charge in [0.1, 0.15) is 12.1 Å². The summed E-state index contributed by atoms with van der Waals surface area (Å²) in [5.41, 5.74) is 2.70. The monoisotopic (exact) mass is 273 g/mol. The van der Waals surface area contributed by atoms with Crippen LogP contribution in [0.1, 0.15) is 69.5 Å². The summed E-state index contributed by atoms with van der Waals surface area (Å²) < 4.78 is 0. The Balaban J connectivity index is 1.68. The standard InChI is InChI=1S/C17H27N3/c1-2-13-8-10-14(11-9-13)20-17-15-6-4-3-5-7-16(15)18-12-19-17/h12-14H,2-11H2,1H3,(H,18,19,20). The van der Waals surface area contributed by atoms with Crippen LogP contribution in [0.15, 0.2) is 6.33 Å². The van der Waals surface area contributed by atoms with Gasteiger partial charge >= 0.3 is 0 Å². The molecule has 1 aromatic heterocycles. The molecular weight excluding hydrogens is 246 g/mol. The van der Waals surface area contributed by atoms with Crippen LogP contribution in [0.4, 0.5) is 5.82 Å². The van der Waals surface area contributed by atoms with Crippen LogP contribution in [0.25, 0.3) is 0 Å². The molecule has 0 atom stereocenters. The summed E-state index contributed by atoms with van der Waals surface area (Å²) in [6, 6.07) is 0.625. The Hall–Kier alpha value is -1.12. The molecule has 3 heteroatoms. The van der Waals surface area contributed by atoms with Crippen molar-refractivity contribution in [2.75, 3.05) is 5.32 Å². The highest BCUT2D eigenvalue weighted by molar-refractivity contribution is 5.47. The largest absolute Gasteiger partial charge is 0.367 e. The molecule has 0 spiro atoms. The molecule has 3 rings (SSSR count). The molecule has 1 N–H and O–H groups in total. The van der Waals surface area contributed by atoms with Crippen LogP contribution in [-0.4, -0.2) is 16.0 Å². The van der Waals surface area contributed by atoms with Crippen molar-refractivity contribution >= 4 is 5.82 Å². The van der Waals surface area contributed by atoms with Crippen molar-refractivity contribution in [1.82, 2.24) is 9.97 Å². The maximum absolute atomic E-state index is 4.54. The van der Waals surface area contributed by atoms with Crippen LogP contribution >= 0.6 is 0 Å². The van der Waals surface area contributed by atoms with E-state index in [-0.39, 0.29) is 0 Å². The van der Waals surface area contributed by atoms with Gasteiger partial charge in [-0.1, -0.05) is 19.8 Å². The van der Waals surface area contributed by atoms with Gasteiger partial charge in [0.15, 0.2) is 0 Å². The second-order valence-corrected chi connectivity index (χ2v) is 6.48. The summed E-state index contributed by atoms with van der Waals surface area (Å²) >= 11 is 0. The Morgan fingerprint density at radius 2 is 1.85 bits per heavy atom. The molecular formula is C17H27N3. The summed E-state index contributed by atoms with van der Waals surface area (Å²) in [6.45, 7) is 2.32. The van der Waals surface area contributed by atoms with E-state index < -0.39 is 0 Å². The first-order chi connectivity index (χ1) is 9.86. The zero-order chi connectivity index (χ0) is 13.8. The van der Waals surface area contributed by atoms with Crippen LogP contribution in [-0.2, 0) is 12.8 Å². The molecule has 3 nitrogen and oxygen atoms in total. The summed E-state index contributed by atoms with van der Waals surface area (Å²) in [5.74, 6) is 2.09. The van der Waals surface area contributed by atoms with Crippen molar-refractivity contribution in [2.24, 2.45) is 5.92 Å². The zero-order valence-electron chi connectivity index (χ0n) is 12.7. The topological polar surface area (TPSA) is 37.8 Å².